The molecule has 2 atom stereocenters. The van der Waals surface area contributed by atoms with Crippen LogP contribution in [-0.2, 0) is 11.2 Å². The number of ether oxygens (including phenoxy) is 1. The molecule has 2 aliphatic rings. The Kier molecular flexibility index (Phi) is 3.91. The van der Waals surface area contributed by atoms with Gasteiger partial charge in [0.25, 0.3) is 0 Å². The number of aryl methyl sites for hydroxylation is 1. The van der Waals surface area contributed by atoms with Gasteiger partial charge in [-0.2, -0.15) is 5.10 Å². The molecule has 5 heterocycles. The summed E-state index contributed by atoms with van der Waals surface area (Å²) in [6, 6.07) is 4.11. The number of hydrogen-bond donors (Lipinski definition) is 2. The minimum absolute atomic E-state index is 0.0258. The molecule has 5 rings (SSSR count). The van der Waals surface area contributed by atoms with Gasteiger partial charge in [0, 0.05) is 19.8 Å². The number of nitrogens with zero attached hydrogens (tertiary/aromatic N) is 6. The zero-order valence-electron chi connectivity index (χ0n) is 15.2. The maximum Gasteiger partial charge on any atom is 0.183 e. The number of nitrogens with two attached hydrogens (primary N) is 1. The number of H-pyrrole nitrogens is 1. The van der Waals surface area contributed by atoms with Gasteiger partial charge in [0.2, 0.25) is 0 Å². The number of aromatic nitrogens is 5. The summed E-state index contributed by atoms with van der Waals surface area (Å²) in [6.45, 7) is 2.06. The van der Waals surface area contributed by atoms with E-state index in [2.05, 4.69) is 31.1 Å². The van der Waals surface area contributed by atoms with E-state index in [1.54, 1.807) is 6.20 Å². The molecule has 1 fully saturated rings. The van der Waals surface area contributed by atoms with Crippen molar-refractivity contribution in [1.82, 2.24) is 25.1 Å². The Morgan fingerprint density at radius 1 is 1.33 bits per heavy atom. The van der Waals surface area contributed by atoms with Gasteiger partial charge in [-0.25, -0.2) is 9.97 Å². The lowest BCUT2D eigenvalue weighted by molar-refractivity contribution is 0.190. The third-order valence-corrected chi connectivity index (χ3v) is 5.40. The fraction of sp³-hybridized carbons (Fsp3) is 0.444. The molecule has 0 aliphatic carbocycles. The van der Waals surface area contributed by atoms with E-state index in [0.717, 1.165) is 47.9 Å². The Morgan fingerprint density at radius 3 is 3.11 bits per heavy atom. The van der Waals surface area contributed by atoms with Gasteiger partial charge >= 0.3 is 0 Å². The van der Waals surface area contributed by atoms with Crippen molar-refractivity contribution in [3.8, 4) is 0 Å². The molecule has 0 amide bonds. The molecular weight excluding hydrogens is 344 g/mol. The molecule has 0 radical (unpaired) electrons. The summed E-state index contributed by atoms with van der Waals surface area (Å²) >= 11 is 0. The van der Waals surface area contributed by atoms with Gasteiger partial charge < -0.3 is 20.3 Å². The van der Waals surface area contributed by atoms with Crippen molar-refractivity contribution in [2.45, 2.75) is 24.9 Å². The van der Waals surface area contributed by atoms with Crippen LogP contribution in [0.1, 0.15) is 12.1 Å². The van der Waals surface area contributed by atoms with Crippen molar-refractivity contribution in [1.29, 1.82) is 0 Å². The standard InChI is InChI=1S/C18H22N8O/c1-25(14-10-27-9-11(14)19)15-8-21-16-17(22-15)23-24-18(16)26-7-3-4-12-13(26)5-2-6-20-12/h2,5-6,8,11,14H,3-4,7,9-10,19H2,1H3,(H,22,23,24)/t11-,14+/m1/s1. The van der Waals surface area contributed by atoms with Crippen molar-refractivity contribution in [2.24, 2.45) is 5.73 Å². The van der Waals surface area contributed by atoms with E-state index in [4.69, 9.17) is 15.5 Å². The first-order valence-corrected chi connectivity index (χ1v) is 9.21. The van der Waals surface area contributed by atoms with Gasteiger partial charge in [-0.1, -0.05) is 0 Å². The predicted octanol–water partition coefficient (Wildman–Crippen LogP) is 0.994. The number of pyridine rings is 1. The number of rotatable bonds is 3. The lowest BCUT2D eigenvalue weighted by Crippen LogP contribution is -2.45. The van der Waals surface area contributed by atoms with Crippen LogP contribution in [0.25, 0.3) is 11.2 Å². The molecule has 9 nitrogen and oxygen atoms in total. The molecule has 3 N–H and O–H groups in total. The minimum atomic E-state index is -0.0258. The average molecular weight is 366 g/mol. The second kappa shape index (κ2) is 6.43. The molecule has 0 saturated carbocycles. The fourth-order valence-electron chi connectivity index (χ4n) is 3.88. The molecule has 9 heteroatoms. The Hall–Kier alpha value is -2.78. The van der Waals surface area contributed by atoms with Crippen molar-refractivity contribution in [2.75, 3.05) is 36.6 Å². The number of fused-ring (bicyclic) bond motifs is 2. The van der Waals surface area contributed by atoms with Crippen LogP contribution in [0.5, 0.6) is 0 Å². The quantitative estimate of drug-likeness (QED) is 0.706. The Balaban J connectivity index is 1.50. The monoisotopic (exact) mass is 366 g/mol. The summed E-state index contributed by atoms with van der Waals surface area (Å²) in [5, 5.41) is 7.55. The maximum absolute atomic E-state index is 6.13. The summed E-state index contributed by atoms with van der Waals surface area (Å²) in [6.07, 6.45) is 5.64. The molecule has 0 bridgehead atoms. The highest BCUT2D eigenvalue weighted by atomic mass is 16.5. The van der Waals surface area contributed by atoms with Crippen LogP contribution in [0.2, 0.25) is 0 Å². The highest BCUT2D eigenvalue weighted by molar-refractivity contribution is 5.87. The average Bonchev–Trinajstić information content (AvgIpc) is 3.32. The fourth-order valence-corrected chi connectivity index (χ4v) is 3.88. The normalized spacial score (nSPS) is 22.2. The van der Waals surface area contributed by atoms with Crippen LogP contribution < -0.4 is 15.5 Å². The topological polar surface area (TPSA) is 109 Å². The molecule has 3 aromatic heterocycles. The first-order chi connectivity index (χ1) is 13.2. The first-order valence-electron chi connectivity index (χ1n) is 9.21. The molecule has 3 aromatic rings. The van der Waals surface area contributed by atoms with Gasteiger partial charge in [-0.3, -0.25) is 10.1 Å². The molecule has 0 unspecified atom stereocenters. The van der Waals surface area contributed by atoms with E-state index < -0.39 is 0 Å². The van der Waals surface area contributed by atoms with E-state index >= 15 is 0 Å². The molecule has 0 aromatic carbocycles. The van der Waals surface area contributed by atoms with Crippen molar-refractivity contribution in [3.05, 3.63) is 30.2 Å². The Morgan fingerprint density at radius 2 is 2.26 bits per heavy atom. The van der Waals surface area contributed by atoms with E-state index in [1.165, 1.54) is 0 Å². The van der Waals surface area contributed by atoms with Crippen LogP contribution in [0.4, 0.5) is 17.3 Å². The number of aromatic amines is 1. The number of hydrogen-bond acceptors (Lipinski definition) is 8. The van der Waals surface area contributed by atoms with Crippen molar-refractivity contribution >= 4 is 28.5 Å². The molecule has 140 valence electrons. The molecular formula is C18H22N8O. The lowest BCUT2D eigenvalue weighted by atomic mass is 10.1. The van der Waals surface area contributed by atoms with Crippen LogP contribution in [0.15, 0.2) is 24.5 Å². The first kappa shape index (κ1) is 16.4. The summed E-state index contributed by atoms with van der Waals surface area (Å²) in [5.41, 5.74) is 9.74. The van der Waals surface area contributed by atoms with E-state index in [1.807, 2.05) is 24.2 Å². The molecule has 2 aliphatic heterocycles. The minimum Gasteiger partial charge on any atom is -0.378 e. The van der Waals surface area contributed by atoms with Gasteiger partial charge in [-0.05, 0) is 25.0 Å². The molecule has 0 spiro atoms. The SMILES string of the molecule is CN(c1cnc2c(N3CCCc4ncccc43)n[nH]c2n1)[C@H]1COC[C@H]1N. The third-order valence-electron chi connectivity index (χ3n) is 5.40. The van der Waals surface area contributed by atoms with Gasteiger partial charge in [0.05, 0.1) is 42.9 Å². The maximum atomic E-state index is 6.13. The van der Waals surface area contributed by atoms with E-state index in [-0.39, 0.29) is 12.1 Å². The van der Waals surface area contributed by atoms with Crippen molar-refractivity contribution < 1.29 is 4.74 Å². The summed E-state index contributed by atoms with van der Waals surface area (Å²) in [4.78, 5) is 18.1. The van der Waals surface area contributed by atoms with Crippen LogP contribution >= 0.6 is 0 Å². The van der Waals surface area contributed by atoms with Crippen LogP contribution in [-0.4, -0.2) is 64.0 Å². The Bertz CT molecular complexity index is 973. The summed E-state index contributed by atoms with van der Waals surface area (Å²) < 4.78 is 5.47. The van der Waals surface area contributed by atoms with Crippen molar-refractivity contribution in [3.63, 3.8) is 0 Å². The second-order valence-corrected chi connectivity index (χ2v) is 7.08. The van der Waals surface area contributed by atoms with E-state index in [0.29, 0.717) is 18.9 Å². The number of anilines is 3. The third kappa shape index (κ3) is 2.70. The predicted molar refractivity (Wildman–Crippen MR) is 102 cm³/mol. The van der Waals surface area contributed by atoms with E-state index in [9.17, 15) is 0 Å². The van der Waals surface area contributed by atoms with Gasteiger partial charge in [-0.15, -0.1) is 0 Å². The largest absolute Gasteiger partial charge is 0.378 e. The zero-order chi connectivity index (χ0) is 18.4. The zero-order valence-corrected chi connectivity index (χ0v) is 15.2. The van der Waals surface area contributed by atoms with Gasteiger partial charge in [0.15, 0.2) is 17.0 Å². The smallest absolute Gasteiger partial charge is 0.183 e. The number of nitrogens with one attached hydrogen (secondary N) is 1. The highest BCUT2D eigenvalue weighted by Crippen LogP contribution is 2.34. The molecule has 27 heavy (non-hydrogen) atoms. The Labute approximate surface area is 156 Å². The second-order valence-electron chi connectivity index (χ2n) is 7.08. The summed E-state index contributed by atoms with van der Waals surface area (Å²) in [7, 11) is 1.97. The highest BCUT2D eigenvalue weighted by Gasteiger charge is 2.30. The summed E-state index contributed by atoms with van der Waals surface area (Å²) in [5.74, 6) is 1.55. The number of likely N-dealkylation sites (N-methyl/N-ethyl adjacent to an activating group) is 1. The van der Waals surface area contributed by atoms with Crippen LogP contribution in [0, 0.1) is 0 Å². The van der Waals surface area contributed by atoms with Gasteiger partial charge in [0.1, 0.15) is 5.82 Å². The van der Waals surface area contributed by atoms with Crippen LogP contribution in [0.3, 0.4) is 0 Å². The molecule has 1 saturated heterocycles. The lowest BCUT2D eigenvalue weighted by Gasteiger charge is -2.28.